The van der Waals surface area contributed by atoms with Crippen LogP contribution in [0.15, 0.2) is 23.8 Å². The number of carbonyl (C=O) groups is 3. The van der Waals surface area contributed by atoms with Gasteiger partial charge in [-0.25, -0.2) is 0 Å². The summed E-state index contributed by atoms with van der Waals surface area (Å²) in [6.45, 7) is 8.91. The topological polar surface area (TPSA) is 124 Å². The zero-order valence-electron chi connectivity index (χ0n) is 20.6. The van der Waals surface area contributed by atoms with Gasteiger partial charge in [0.1, 0.15) is 17.3 Å². The van der Waals surface area contributed by atoms with Gasteiger partial charge < -0.3 is 20.1 Å². The van der Waals surface area contributed by atoms with Crippen molar-refractivity contribution in [3.05, 3.63) is 23.8 Å². The third-order valence-corrected chi connectivity index (χ3v) is 10.5. The van der Waals surface area contributed by atoms with Crippen LogP contribution in [0.3, 0.4) is 0 Å². The molecule has 3 N–H and O–H groups in total. The van der Waals surface area contributed by atoms with Gasteiger partial charge in [-0.2, -0.15) is 0 Å². The zero-order chi connectivity index (χ0) is 25.1. The molecule has 7 nitrogen and oxygen atoms in total. The molecule has 3 saturated carbocycles. The Morgan fingerprint density at radius 3 is 2.59 bits per heavy atom. The molecule has 0 aromatic rings. The largest absolute Gasteiger partial charge is 0.481 e. The van der Waals surface area contributed by atoms with Crippen LogP contribution in [-0.2, 0) is 19.1 Å². The van der Waals surface area contributed by atoms with Crippen LogP contribution in [0.1, 0.15) is 66.7 Å². The number of fused-ring (bicyclic) bond motifs is 3. The van der Waals surface area contributed by atoms with Crippen LogP contribution in [0.4, 0.5) is 0 Å². The Hall–Kier alpha value is -1.83. The van der Waals surface area contributed by atoms with Crippen molar-refractivity contribution in [2.75, 3.05) is 0 Å². The maximum absolute atomic E-state index is 13.7. The minimum absolute atomic E-state index is 0.00732. The lowest BCUT2D eigenvalue weighted by Gasteiger charge is -2.55. The van der Waals surface area contributed by atoms with Crippen molar-refractivity contribution in [2.24, 2.45) is 34.0 Å². The first-order valence-corrected chi connectivity index (χ1v) is 12.5. The monoisotopic (exact) mass is 472 g/mol. The number of allylic oxidation sites excluding steroid dienone is 2. The Kier molecular flexibility index (Phi) is 4.84. The number of ketones is 2. The predicted molar refractivity (Wildman–Crippen MR) is 123 cm³/mol. The number of ether oxygens (including phenoxy) is 1. The number of rotatable bonds is 5. The first-order chi connectivity index (χ1) is 15.6. The smallest absolute Gasteiger partial charge is 0.309 e. The number of aliphatic hydroxyl groups is 2. The number of hydrogen-bond acceptors (Lipinski definition) is 6. The molecule has 1 aliphatic heterocycles. The summed E-state index contributed by atoms with van der Waals surface area (Å²) in [5.41, 5.74) is -3.56. The van der Waals surface area contributed by atoms with Crippen molar-refractivity contribution >= 4 is 17.5 Å². The fraction of sp³-hybridized carbons (Fsp3) is 0.741. The SMILES string of the molecule is C[C@@H]1C[C@H]2[C@@H]3CCC4=CC(=O)C=C[C@]4(C)[C@@]34O[C@H]4C[C@]2(C)[C@@]1(O)C(=O)C(O)CC(C)(C)C(=O)O. The standard InChI is InChI=1S/C27H36O7/c1-14-10-18-17-7-6-15-11-16(28)8-9-24(15,4)27(17)20(34-27)13-25(18,5)26(14,33)21(30)19(29)12-23(2,3)22(31)32/h8-9,11,14,17-20,29,33H,6-7,10,12-13H2,1-5H3,(H,31,32)/t14-,17+,18+,19?,20+,24+,25+,26+,27-/m1/s1. The minimum Gasteiger partial charge on any atom is -0.481 e. The number of carboxylic acid groups (broad SMARTS) is 1. The third-order valence-electron chi connectivity index (χ3n) is 10.5. The van der Waals surface area contributed by atoms with Crippen molar-refractivity contribution < 1.29 is 34.4 Å². The van der Waals surface area contributed by atoms with E-state index in [9.17, 15) is 29.7 Å². The number of Topliss-reactive ketones (excluding diaryl/α,β-unsaturated/α-hetero) is 1. The number of epoxide rings is 1. The molecule has 5 rings (SSSR count). The number of hydrogen-bond donors (Lipinski definition) is 3. The lowest BCUT2D eigenvalue weighted by Crippen LogP contribution is -2.63. The van der Waals surface area contributed by atoms with Gasteiger partial charge in [-0.15, -0.1) is 0 Å². The Morgan fingerprint density at radius 2 is 1.94 bits per heavy atom. The summed E-state index contributed by atoms with van der Waals surface area (Å²) in [6, 6.07) is 0. The molecule has 1 heterocycles. The number of aliphatic carboxylic acids is 1. The van der Waals surface area contributed by atoms with Gasteiger partial charge in [0.05, 0.1) is 11.5 Å². The minimum atomic E-state index is -1.76. The zero-order valence-corrected chi connectivity index (χ0v) is 20.6. The summed E-state index contributed by atoms with van der Waals surface area (Å²) in [5.74, 6) is -2.00. The fourth-order valence-electron chi connectivity index (χ4n) is 8.43. The fourth-order valence-corrected chi connectivity index (χ4v) is 8.43. The average molecular weight is 473 g/mol. The molecule has 0 amide bonds. The molecule has 0 aromatic carbocycles. The van der Waals surface area contributed by atoms with Crippen LogP contribution >= 0.6 is 0 Å². The highest BCUT2D eigenvalue weighted by Crippen LogP contribution is 2.76. The van der Waals surface area contributed by atoms with Gasteiger partial charge in [-0.3, -0.25) is 14.4 Å². The second-order valence-corrected chi connectivity index (χ2v) is 12.6. The molecule has 4 aliphatic carbocycles. The molecule has 0 bridgehead atoms. The van der Waals surface area contributed by atoms with E-state index >= 15 is 0 Å². The van der Waals surface area contributed by atoms with Gasteiger partial charge >= 0.3 is 5.97 Å². The maximum atomic E-state index is 13.7. The van der Waals surface area contributed by atoms with E-state index in [-0.39, 0.29) is 41.5 Å². The number of aliphatic hydroxyl groups excluding tert-OH is 1. The molecule has 34 heavy (non-hydrogen) atoms. The van der Waals surface area contributed by atoms with Crippen molar-refractivity contribution in [1.82, 2.24) is 0 Å². The maximum Gasteiger partial charge on any atom is 0.309 e. The highest BCUT2D eigenvalue weighted by atomic mass is 16.6. The van der Waals surface area contributed by atoms with E-state index < -0.39 is 39.9 Å². The second kappa shape index (κ2) is 6.89. The van der Waals surface area contributed by atoms with Crippen molar-refractivity contribution in [3.8, 4) is 0 Å². The van der Waals surface area contributed by atoms with Gasteiger partial charge in [-0.05, 0) is 82.8 Å². The Morgan fingerprint density at radius 1 is 1.26 bits per heavy atom. The normalized spacial score (nSPS) is 47.6. The van der Waals surface area contributed by atoms with Crippen LogP contribution in [0.5, 0.6) is 0 Å². The molecule has 5 aliphatic rings. The van der Waals surface area contributed by atoms with Crippen molar-refractivity contribution in [3.63, 3.8) is 0 Å². The highest BCUT2D eigenvalue weighted by Gasteiger charge is 2.82. The number of carbonyl (C=O) groups excluding carboxylic acids is 2. The molecule has 1 spiro atoms. The predicted octanol–water partition coefficient (Wildman–Crippen LogP) is 2.83. The van der Waals surface area contributed by atoms with Gasteiger partial charge in [0, 0.05) is 10.8 Å². The van der Waals surface area contributed by atoms with E-state index in [1.807, 2.05) is 19.9 Å². The first kappa shape index (κ1) is 23.9. The molecule has 1 saturated heterocycles. The molecular formula is C27H36O7. The quantitative estimate of drug-likeness (QED) is 0.526. The third kappa shape index (κ3) is 2.66. The summed E-state index contributed by atoms with van der Waals surface area (Å²) >= 11 is 0. The second-order valence-electron chi connectivity index (χ2n) is 12.6. The van der Waals surface area contributed by atoms with E-state index in [0.29, 0.717) is 12.8 Å². The molecule has 9 atom stereocenters. The van der Waals surface area contributed by atoms with E-state index in [1.54, 1.807) is 12.2 Å². The van der Waals surface area contributed by atoms with Crippen LogP contribution in [0.2, 0.25) is 0 Å². The van der Waals surface area contributed by atoms with Gasteiger partial charge in [0.2, 0.25) is 0 Å². The van der Waals surface area contributed by atoms with Crippen LogP contribution < -0.4 is 0 Å². The van der Waals surface area contributed by atoms with E-state index in [4.69, 9.17) is 4.74 Å². The average Bonchev–Trinajstić information content (AvgIpc) is 3.43. The van der Waals surface area contributed by atoms with Crippen LogP contribution in [0.25, 0.3) is 0 Å². The van der Waals surface area contributed by atoms with E-state index in [1.165, 1.54) is 13.8 Å². The summed E-state index contributed by atoms with van der Waals surface area (Å²) in [7, 11) is 0. The lowest BCUT2D eigenvalue weighted by atomic mass is 9.46. The molecule has 0 aromatic heterocycles. The van der Waals surface area contributed by atoms with Gasteiger partial charge in [0.25, 0.3) is 0 Å². The molecule has 1 unspecified atom stereocenters. The van der Waals surface area contributed by atoms with Gasteiger partial charge in [-0.1, -0.05) is 25.5 Å². The van der Waals surface area contributed by atoms with Gasteiger partial charge in [0.15, 0.2) is 11.6 Å². The molecule has 186 valence electrons. The lowest BCUT2D eigenvalue weighted by molar-refractivity contribution is -0.173. The summed E-state index contributed by atoms with van der Waals surface area (Å²) in [4.78, 5) is 37.3. The van der Waals surface area contributed by atoms with E-state index in [0.717, 1.165) is 18.4 Å². The summed E-state index contributed by atoms with van der Waals surface area (Å²) < 4.78 is 6.49. The van der Waals surface area contributed by atoms with Crippen LogP contribution in [-0.4, -0.2) is 56.3 Å². The molecule has 4 fully saturated rings. The Labute approximate surface area is 200 Å². The molecular weight excluding hydrogens is 436 g/mol. The first-order valence-electron chi connectivity index (χ1n) is 12.5. The van der Waals surface area contributed by atoms with Crippen molar-refractivity contribution in [1.29, 1.82) is 0 Å². The van der Waals surface area contributed by atoms with Crippen molar-refractivity contribution in [2.45, 2.75) is 90.1 Å². The Bertz CT molecular complexity index is 1040. The van der Waals surface area contributed by atoms with Crippen LogP contribution in [0, 0.1) is 34.0 Å². The summed E-state index contributed by atoms with van der Waals surface area (Å²) in [5, 5.41) is 32.4. The Balaban J connectivity index is 1.49. The van der Waals surface area contributed by atoms with E-state index in [2.05, 4.69) is 6.92 Å². The molecule has 0 radical (unpaired) electrons. The number of carboxylic acids is 1. The summed E-state index contributed by atoms with van der Waals surface area (Å²) in [6.07, 6.45) is 6.12. The molecule has 7 heteroatoms. The highest BCUT2D eigenvalue weighted by molar-refractivity contribution is 6.01.